The fraction of sp³-hybridized carbons (Fsp3) is 0.615. The van der Waals surface area contributed by atoms with Crippen LogP contribution in [0, 0.1) is 6.92 Å². The summed E-state index contributed by atoms with van der Waals surface area (Å²) in [5, 5.41) is 9.01. The second kappa shape index (κ2) is 7.56. The van der Waals surface area contributed by atoms with Gasteiger partial charge in [-0.25, -0.2) is 4.98 Å². The van der Waals surface area contributed by atoms with E-state index in [2.05, 4.69) is 32.8 Å². The zero-order valence-electron chi connectivity index (χ0n) is 12.1. The van der Waals surface area contributed by atoms with Crippen LogP contribution in [0.25, 0.3) is 0 Å². The van der Waals surface area contributed by atoms with E-state index in [1.807, 2.05) is 20.8 Å². The van der Waals surface area contributed by atoms with Gasteiger partial charge in [-0.1, -0.05) is 6.92 Å². The highest BCUT2D eigenvalue weighted by Gasteiger charge is 2.13. The summed E-state index contributed by atoms with van der Waals surface area (Å²) in [5.41, 5.74) is 0.915. The number of amides is 1. The Kier molecular flexibility index (Phi) is 6.05. The molecule has 0 saturated carbocycles. The van der Waals surface area contributed by atoms with E-state index in [9.17, 15) is 4.79 Å². The maximum atomic E-state index is 11.7. The number of nitrogens with one attached hydrogen (secondary N) is 3. The van der Waals surface area contributed by atoms with Crippen LogP contribution in [0.2, 0.25) is 0 Å². The molecule has 0 aliphatic rings. The lowest BCUT2D eigenvalue weighted by molar-refractivity contribution is -0.121. The number of carbonyl (C=O) groups is 1. The van der Waals surface area contributed by atoms with Crippen molar-refractivity contribution in [2.45, 2.75) is 40.2 Å². The van der Waals surface area contributed by atoms with Crippen LogP contribution in [-0.4, -0.2) is 35.0 Å². The molecule has 1 atom stereocenters. The molecule has 1 unspecified atom stereocenters. The van der Waals surface area contributed by atoms with Gasteiger partial charge < -0.3 is 16.0 Å². The van der Waals surface area contributed by atoms with E-state index in [1.165, 1.54) is 0 Å². The number of rotatable bonds is 7. The Balaban J connectivity index is 2.73. The van der Waals surface area contributed by atoms with Crippen LogP contribution < -0.4 is 16.0 Å². The quantitative estimate of drug-likeness (QED) is 0.697. The van der Waals surface area contributed by atoms with Gasteiger partial charge in [-0.3, -0.25) is 4.79 Å². The lowest BCUT2D eigenvalue weighted by atomic mass is 10.2. The highest BCUT2D eigenvalue weighted by Crippen LogP contribution is 2.13. The fourth-order valence-corrected chi connectivity index (χ4v) is 1.51. The molecule has 3 N–H and O–H groups in total. The van der Waals surface area contributed by atoms with Crippen LogP contribution in [0.4, 0.5) is 11.8 Å². The van der Waals surface area contributed by atoms with Gasteiger partial charge in [0.1, 0.15) is 11.9 Å². The van der Waals surface area contributed by atoms with Crippen molar-refractivity contribution < 1.29 is 4.79 Å². The van der Waals surface area contributed by atoms with Gasteiger partial charge in [0, 0.05) is 24.8 Å². The number of hydrogen-bond acceptors (Lipinski definition) is 5. The molecule has 0 aliphatic heterocycles. The maximum Gasteiger partial charge on any atom is 0.242 e. The molecule has 1 rings (SSSR count). The predicted molar refractivity (Wildman–Crippen MR) is 77.3 cm³/mol. The molecule has 0 aliphatic carbocycles. The van der Waals surface area contributed by atoms with Gasteiger partial charge in [0.15, 0.2) is 0 Å². The first-order chi connectivity index (χ1) is 9.08. The first-order valence-corrected chi connectivity index (χ1v) is 6.70. The van der Waals surface area contributed by atoms with Gasteiger partial charge in [-0.2, -0.15) is 4.98 Å². The molecular formula is C13H23N5O. The number of aromatic nitrogens is 2. The van der Waals surface area contributed by atoms with Crippen molar-refractivity contribution in [1.82, 2.24) is 15.3 Å². The Bertz CT molecular complexity index is 421. The first-order valence-electron chi connectivity index (χ1n) is 6.70. The number of carbonyl (C=O) groups excluding carboxylic acids is 1. The van der Waals surface area contributed by atoms with Crippen molar-refractivity contribution in [2.24, 2.45) is 0 Å². The summed E-state index contributed by atoms with van der Waals surface area (Å²) in [6.07, 6.45) is 2.76. The van der Waals surface area contributed by atoms with Gasteiger partial charge in [0.25, 0.3) is 0 Å². The Morgan fingerprint density at radius 1 is 1.42 bits per heavy atom. The highest BCUT2D eigenvalue weighted by molar-refractivity contribution is 5.84. The molecule has 1 amide bonds. The maximum absolute atomic E-state index is 11.7. The molecular weight excluding hydrogens is 242 g/mol. The van der Waals surface area contributed by atoms with Crippen LogP contribution in [0.1, 0.15) is 32.8 Å². The third-order valence-electron chi connectivity index (χ3n) is 2.60. The fourth-order valence-electron chi connectivity index (χ4n) is 1.51. The molecule has 0 fully saturated rings. The third kappa shape index (κ3) is 4.73. The normalized spacial score (nSPS) is 11.8. The number of likely N-dealkylation sites (N-methyl/N-ethyl adjacent to an activating group) is 1. The Morgan fingerprint density at radius 3 is 2.79 bits per heavy atom. The second-order valence-corrected chi connectivity index (χ2v) is 4.41. The molecule has 1 heterocycles. The number of nitrogens with zero attached hydrogens (tertiary/aromatic N) is 2. The topological polar surface area (TPSA) is 78.9 Å². The Morgan fingerprint density at radius 2 is 2.16 bits per heavy atom. The molecule has 0 bridgehead atoms. The van der Waals surface area contributed by atoms with Crippen molar-refractivity contribution in [3.63, 3.8) is 0 Å². The first kappa shape index (κ1) is 15.2. The zero-order valence-corrected chi connectivity index (χ0v) is 12.1. The second-order valence-electron chi connectivity index (χ2n) is 4.41. The van der Waals surface area contributed by atoms with Crippen LogP contribution >= 0.6 is 0 Å². The van der Waals surface area contributed by atoms with Gasteiger partial charge in [0.2, 0.25) is 11.9 Å². The third-order valence-corrected chi connectivity index (χ3v) is 2.60. The summed E-state index contributed by atoms with van der Waals surface area (Å²) in [5.74, 6) is 1.23. The van der Waals surface area contributed by atoms with Crippen molar-refractivity contribution in [3.8, 4) is 0 Å². The SMILES string of the molecule is CCCNc1ncc(C)c(NC(C)C(=O)NCC)n1. The van der Waals surface area contributed by atoms with E-state index >= 15 is 0 Å². The molecule has 0 radical (unpaired) electrons. The van der Waals surface area contributed by atoms with Crippen molar-refractivity contribution in [3.05, 3.63) is 11.8 Å². The minimum absolute atomic E-state index is 0.0384. The van der Waals surface area contributed by atoms with E-state index in [-0.39, 0.29) is 11.9 Å². The average Bonchev–Trinajstić information content (AvgIpc) is 2.39. The lowest BCUT2D eigenvalue weighted by Gasteiger charge is -2.16. The smallest absolute Gasteiger partial charge is 0.242 e. The minimum Gasteiger partial charge on any atom is -0.358 e. The predicted octanol–water partition coefficient (Wildman–Crippen LogP) is 1.54. The van der Waals surface area contributed by atoms with Gasteiger partial charge in [-0.05, 0) is 27.2 Å². The summed E-state index contributed by atoms with van der Waals surface area (Å²) in [6, 6.07) is -0.326. The van der Waals surface area contributed by atoms with E-state index in [4.69, 9.17) is 0 Å². The van der Waals surface area contributed by atoms with Gasteiger partial charge in [0.05, 0.1) is 0 Å². The van der Waals surface area contributed by atoms with E-state index in [0.29, 0.717) is 18.3 Å². The highest BCUT2D eigenvalue weighted by atomic mass is 16.2. The van der Waals surface area contributed by atoms with E-state index < -0.39 is 0 Å². The lowest BCUT2D eigenvalue weighted by Crippen LogP contribution is -2.37. The number of anilines is 2. The summed E-state index contributed by atoms with van der Waals surface area (Å²) in [4.78, 5) is 20.3. The standard InChI is InChI=1S/C13H23N5O/c1-5-7-15-13-16-8-9(3)11(18-13)17-10(4)12(19)14-6-2/h8,10H,5-7H2,1-4H3,(H,14,19)(H2,15,16,17,18). The summed E-state index contributed by atoms with van der Waals surface area (Å²) in [7, 11) is 0. The molecule has 0 spiro atoms. The molecule has 1 aromatic heterocycles. The van der Waals surface area contributed by atoms with E-state index in [1.54, 1.807) is 6.20 Å². The van der Waals surface area contributed by atoms with Crippen LogP contribution in [-0.2, 0) is 4.79 Å². The summed E-state index contributed by atoms with van der Waals surface area (Å²) < 4.78 is 0. The van der Waals surface area contributed by atoms with Crippen molar-refractivity contribution >= 4 is 17.7 Å². The number of aryl methyl sites for hydroxylation is 1. The largest absolute Gasteiger partial charge is 0.358 e. The molecule has 6 nitrogen and oxygen atoms in total. The Hall–Kier alpha value is -1.85. The molecule has 19 heavy (non-hydrogen) atoms. The number of hydrogen-bond donors (Lipinski definition) is 3. The van der Waals surface area contributed by atoms with Crippen LogP contribution in [0.5, 0.6) is 0 Å². The molecule has 0 aromatic carbocycles. The van der Waals surface area contributed by atoms with Crippen molar-refractivity contribution in [1.29, 1.82) is 0 Å². The zero-order chi connectivity index (χ0) is 14.3. The Labute approximate surface area is 114 Å². The monoisotopic (exact) mass is 265 g/mol. The molecule has 6 heteroatoms. The molecule has 106 valence electrons. The summed E-state index contributed by atoms with van der Waals surface area (Å²) in [6.45, 7) is 9.15. The van der Waals surface area contributed by atoms with Gasteiger partial charge in [-0.15, -0.1) is 0 Å². The summed E-state index contributed by atoms with van der Waals surface area (Å²) >= 11 is 0. The van der Waals surface area contributed by atoms with Crippen LogP contribution in [0.3, 0.4) is 0 Å². The molecule has 1 aromatic rings. The van der Waals surface area contributed by atoms with Crippen LogP contribution in [0.15, 0.2) is 6.20 Å². The average molecular weight is 265 g/mol. The molecule has 0 saturated heterocycles. The minimum atomic E-state index is -0.326. The van der Waals surface area contributed by atoms with E-state index in [0.717, 1.165) is 18.5 Å². The van der Waals surface area contributed by atoms with Crippen molar-refractivity contribution in [2.75, 3.05) is 23.7 Å². The van der Waals surface area contributed by atoms with Gasteiger partial charge >= 0.3 is 0 Å².